The molecule has 4 rings (SSSR count). The second-order valence-corrected chi connectivity index (χ2v) is 10.0. The van der Waals surface area contributed by atoms with Gasteiger partial charge in [0.25, 0.3) is 5.56 Å². The molecule has 9 heteroatoms. The summed E-state index contributed by atoms with van der Waals surface area (Å²) in [6.07, 6.45) is 0. The van der Waals surface area contributed by atoms with E-state index in [0.29, 0.717) is 38.4 Å². The van der Waals surface area contributed by atoms with Gasteiger partial charge in [-0.2, -0.15) is 0 Å². The minimum absolute atomic E-state index is 0.00539. The van der Waals surface area contributed by atoms with Crippen molar-refractivity contribution in [2.24, 2.45) is 0 Å². The number of anilines is 1. The standard InChI is InChI=1S/C25H20Cl3N3O2S/c1-14(2)15-7-9-16(10-8-15)31-24(33)17-5-3-4-6-21(17)30-25(31)34-13-23(32)29-22-12-19(27)18(26)11-20(22)28/h3-12,14H,13H2,1-2H3,(H,29,32). The molecule has 1 heterocycles. The Morgan fingerprint density at radius 3 is 2.38 bits per heavy atom. The van der Waals surface area contributed by atoms with Gasteiger partial charge in [-0.3, -0.25) is 14.2 Å². The van der Waals surface area contributed by atoms with E-state index in [1.165, 1.54) is 16.7 Å². The van der Waals surface area contributed by atoms with E-state index in [1.54, 1.807) is 18.2 Å². The number of nitrogens with zero attached hydrogens (tertiary/aromatic N) is 2. The van der Waals surface area contributed by atoms with Gasteiger partial charge < -0.3 is 5.32 Å². The summed E-state index contributed by atoms with van der Waals surface area (Å²) < 4.78 is 1.54. The SMILES string of the molecule is CC(C)c1ccc(-n2c(SCC(=O)Nc3cc(Cl)c(Cl)cc3Cl)nc3ccccc3c2=O)cc1. The molecule has 0 aliphatic heterocycles. The molecule has 1 N–H and O–H groups in total. The van der Waals surface area contributed by atoms with Gasteiger partial charge in [-0.1, -0.05) is 84.7 Å². The summed E-state index contributed by atoms with van der Waals surface area (Å²) in [5.41, 5.74) is 2.58. The van der Waals surface area contributed by atoms with E-state index in [0.717, 1.165) is 17.3 Å². The van der Waals surface area contributed by atoms with E-state index >= 15 is 0 Å². The first-order chi connectivity index (χ1) is 16.2. The number of aromatic nitrogens is 2. The van der Waals surface area contributed by atoms with Crippen LogP contribution in [0.15, 0.2) is 70.6 Å². The van der Waals surface area contributed by atoms with Crippen LogP contribution in [0.2, 0.25) is 15.1 Å². The quantitative estimate of drug-likeness (QED) is 0.162. The van der Waals surface area contributed by atoms with Crippen LogP contribution in [0.3, 0.4) is 0 Å². The summed E-state index contributed by atoms with van der Waals surface area (Å²) in [5.74, 6) is 0.0476. The fraction of sp³-hybridized carbons (Fsp3) is 0.160. The van der Waals surface area contributed by atoms with Crippen LogP contribution in [0.4, 0.5) is 5.69 Å². The lowest BCUT2D eigenvalue weighted by Crippen LogP contribution is -2.23. The molecule has 0 bridgehead atoms. The first kappa shape index (κ1) is 24.6. The van der Waals surface area contributed by atoms with E-state index in [9.17, 15) is 9.59 Å². The Labute approximate surface area is 216 Å². The predicted octanol–water partition coefficient (Wildman–Crippen LogP) is 7.20. The maximum Gasteiger partial charge on any atom is 0.266 e. The van der Waals surface area contributed by atoms with Crippen molar-refractivity contribution in [1.82, 2.24) is 9.55 Å². The van der Waals surface area contributed by atoms with Crippen LogP contribution in [-0.2, 0) is 4.79 Å². The molecule has 1 amide bonds. The highest BCUT2D eigenvalue weighted by Gasteiger charge is 2.16. The highest BCUT2D eigenvalue weighted by atomic mass is 35.5. The normalized spacial score (nSPS) is 11.2. The Balaban J connectivity index is 1.66. The van der Waals surface area contributed by atoms with Crippen molar-refractivity contribution in [2.75, 3.05) is 11.1 Å². The average molecular weight is 533 g/mol. The minimum atomic E-state index is -0.325. The number of nitrogens with one attached hydrogen (secondary N) is 1. The molecule has 34 heavy (non-hydrogen) atoms. The number of amides is 1. The van der Waals surface area contributed by atoms with Crippen LogP contribution in [-0.4, -0.2) is 21.2 Å². The average Bonchev–Trinajstić information content (AvgIpc) is 2.81. The first-order valence-corrected chi connectivity index (χ1v) is 12.6. The third kappa shape index (κ3) is 5.26. The third-order valence-corrected chi connectivity index (χ3v) is 7.15. The van der Waals surface area contributed by atoms with Gasteiger partial charge in [0.1, 0.15) is 0 Å². The number of carbonyl (C=O) groups excluding carboxylic acids is 1. The van der Waals surface area contributed by atoms with E-state index in [4.69, 9.17) is 34.8 Å². The van der Waals surface area contributed by atoms with Gasteiger partial charge in [-0.15, -0.1) is 0 Å². The number of thioether (sulfide) groups is 1. The predicted molar refractivity (Wildman–Crippen MR) is 142 cm³/mol. The second-order valence-electron chi connectivity index (χ2n) is 7.88. The van der Waals surface area contributed by atoms with Crippen LogP contribution in [0, 0.1) is 0 Å². The molecule has 1 aromatic heterocycles. The largest absolute Gasteiger partial charge is 0.324 e. The van der Waals surface area contributed by atoms with Crippen molar-refractivity contribution in [3.05, 3.63) is 91.6 Å². The topological polar surface area (TPSA) is 64.0 Å². The molecule has 0 aliphatic rings. The summed E-state index contributed by atoms with van der Waals surface area (Å²) in [5, 5.41) is 4.51. The molecule has 0 fully saturated rings. The summed E-state index contributed by atoms with van der Waals surface area (Å²) in [6.45, 7) is 4.22. The van der Waals surface area contributed by atoms with Gasteiger partial charge in [-0.25, -0.2) is 4.98 Å². The fourth-order valence-corrected chi connectivity index (χ4v) is 4.79. The number of halogens is 3. The van der Waals surface area contributed by atoms with Gasteiger partial charge in [0.15, 0.2) is 5.16 Å². The number of hydrogen-bond acceptors (Lipinski definition) is 4. The maximum atomic E-state index is 13.4. The number of carbonyl (C=O) groups is 1. The maximum absolute atomic E-state index is 13.4. The fourth-order valence-electron chi connectivity index (χ4n) is 3.38. The van der Waals surface area contributed by atoms with Crippen LogP contribution in [0.25, 0.3) is 16.6 Å². The number of hydrogen-bond donors (Lipinski definition) is 1. The summed E-state index contributed by atoms with van der Waals surface area (Å²) in [4.78, 5) is 30.7. The zero-order valence-corrected chi connectivity index (χ0v) is 21.4. The molecule has 0 atom stereocenters. The lowest BCUT2D eigenvalue weighted by molar-refractivity contribution is -0.113. The molecule has 0 saturated heterocycles. The van der Waals surface area contributed by atoms with E-state index in [1.807, 2.05) is 30.3 Å². The molecular weight excluding hydrogens is 513 g/mol. The molecular formula is C25H20Cl3N3O2S. The molecule has 174 valence electrons. The monoisotopic (exact) mass is 531 g/mol. The van der Waals surface area contributed by atoms with E-state index < -0.39 is 0 Å². The molecule has 0 unspecified atom stereocenters. The Hall–Kier alpha value is -2.51. The summed E-state index contributed by atoms with van der Waals surface area (Å²) in [6, 6.07) is 17.9. The molecule has 5 nitrogen and oxygen atoms in total. The van der Waals surface area contributed by atoms with Gasteiger partial charge in [-0.05, 0) is 47.9 Å². The summed E-state index contributed by atoms with van der Waals surface area (Å²) in [7, 11) is 0. The van der Waals surface area contributed by atoms with Crippen LogP contribution >= 0.6 is 46.6 Å². The van der Waals surface area contributed by atoms with Crippen molar-refractivity contribution in [3.8, 4) is 5.69 Å². The Morgan fingerprint density at radius 1 is 1.00 bits per heavy atom. The molecule has 3 aromatic carbocycles. The number of fused-ring (bicyclic) bond motifs is 1. The van der Waals surface area contributed by atoms with Crippen molar-refractivity contribution in [3.63, 3.8) is 0 Å². The first-order valence-electron chi connectivity index (χ1n) is 10.4. The number of para-hydroxylation sites is 1. The van der Waals surface area contributed by atoms with Crippen LogP contribution in [0.1, 0.15) is 25.3 Å². The summed E-state index contributed by atoms with van der Waals surface area (Å²) >= 11 is 19.3. The van der Waals surface area contributed by atoms with Crippen molar-refractivity contribution in [1.29, 1.82) is 0 Å². The third-order valence-electron chi connectivity index (χ3n) is 5.18. The highest BCUT2D eigenvalue weighted by Crippen LogP contribution is 2.32. The molecule has 0 aliphatic carbocycles. The zero-order valence-electron chi connectivity index (χ0n) is 18.3. The van der Waals surface area contributed by atoms with Gasteiger partial charge in [0.2, 0.25) is 5.91 Å². The van der Waals surface area contributed by atoms with E-state index in [-0.39, 0.29) is 27.3 Å². The Kier molecular flexibility index (Phi) is 7.53. The zero-order chi connectivity index (χ0) is 24.4. The van der Waals surface area contributed by atoms with Crippen LogP contribution in [0.5, 0.6) is 0 Å². The van der Waals surface area contributed by atoms with Gasteiger partial charge >= 0.3 is 0 Å². The van der Waals surface area contributed by atoms with Crippen molar-refractivity contribution < 1.29 is 4.79 Å². The molecule has 4 aromatic rings. The van der Waals surface area contributed by atoms with Gasteiger partial charge in [0, 0.05) is 0 Å². The van der Waals surface area contributed by atoms with Crippen molar-refractivity contribution >= 4 is 69.1 Å². The Bertz CT molecular complexity index is 1440. The molecule has 0 spiro atoms. The minimum Gasteiger partial charge on any atom is -0.324 e. The smallest absolute Gasteiger partial charge is 0.266 e. The number of benzene rings is 3. The van der Waals surface area contributed by atoms with E-state index in [2.05, 4.69) is 24.1 Å². The lowest BCUT2D eigenvalue weighted by Gasteiger charge is -2.14. The highest BCUT2D eigenvalue weighted by molar-refractivity contribution is 7.99. The van der Waals surface area contributed by atoms with Crippen molar-refractivity contribution in [2.45, 2.75) is 24.9 Å². The van der Waals surface area contributed by atoms with Gasteiger partial charge in [0.05, 0.1) is 43.1 Å². The lowest BCUT2D eigenvalue weighted by atomic mass is 10.0. The number of rotatable bonds is 6. The van der Waals surface area contributed by atoms with Crippen LogP contribution < -0.4 is 10.9 Å². The second kappa shape index (κ2) is 10.4. The molecule has 0 radical (unpaired) electrons. The molecule has 0 saturated carbocycles. The Morgan fingerprint density at radius 2 is 1.68 bits per heavy atom.